The minimum atomic E-state index is 0.361. The van der Waals surface area contributed by atoms with Crippen molar-refractivity contribution in [2.75, 3.05) is 39.9 Å². The molecule has 2 aliphatic rings. The number of nitrogens with zero attached hydrogens (tertiary/aromatic N) is 3. The van der Waals surface area contributed by atoms with Gasteiger partial charge in [0.05, 0.1) is 6.61 Å². The summed E-state index contributed by atoms with van der Waals surface area (Å²) in [4.78, 5) is 14.4. The van der Waals surface area contributed by atoms with E-state index in [0.29, 0.717) is 5.41 Å². The Morgan fingerprint density at radius 2 is 2.46 bits per heavy atom. The zero-order valence-electron chi connectivity index (χ0n) is 14.2. The summed E-state index contributed by atoms with van der Waals surface area (Å²) >= 11 is 0. The first-order valence-electron chi connectivity index (χ1n) is 8.74. The van der Waals surface area contributed by atoms with Gasteiger partial charge in [-0.2, -0.15) is 0 Å². The molecule has 6 heteroatoms. The van der Waals surface area contributed by atoms with Crippen LogP contribution >= 0.6 is 0 Å². The van der Waals surface area contributed by atoms with E-state index in [9.17, 15) is 0 Å². The molecule has 0 aliphatic carbocycles. The van der Waals surface area contributed by atoms with Gasteiger partial charge in [0.2, 0.25) is 0 Å². The average Bonchev–Trinajstić information content (AvgIpc) is 3.34. The second-order valence-electron chi connectivity index (χ2n) is 6.91. The van der Waals surface area contributed by atoms with E-state index >= 15 is 0 Å². The normalized spacial score (nSPS) is 24.4. The molecular weight excluding hydrogens is 302 g/mol. The van der Waals surface area contributed by atoms with E-state index < -0.39 is 0 Å². The monoisotopic (exact) mass is 327 g/mol. The molecule has 0 aromatic carbocycles. The molecule has 4 rings (SSSR count). The Balaban J connectivity index is 1.34. The second kappa shape index (κ2) is 6.43. The second-order valence-corrected chi connectivity index (χ2v) is 6.91. The average molecular weight is 327 g/mol. The number of aliphatic imine (C=N–C) groups is 1. The quantitative estimate of drug-likeness (QED) is 0.666. The molecule has 6 nitrogen and oxygen atoms in total. The summed E-state index contributed by atoms with van der Waals surface area (Å²) in [5.41, 5.74) is 2.61. The standard InChI is InChI=1S/C18H25N5O/c1-19-17(23-9-5-18(12-23)6-10-24-13-18)21-8-4-14-11-22-16-15(14)3-2-7-20-16/h2-3,7,11H,4-6,8-10,12-13H2,1H3,(H,19,21)(H,20,22). The van der Waals surface area contributed by atoms with Crippen LogP contribution in [0.5, 0.6) is 0 Å². The van der Waals surface area contributed by atoms with Crippen molar-refractivity contribution < 1.29 is 4.74 Å². The van der Waals surface area contributed by atoms with Gasteiger partial charge >= 0.3 is 0 Å². The number of aromatic amines is 1. The van der Waals surface area contributed by atoms with Gasteiger partial charge in [-0.3, -0.25) is 4.99 Å². The molecule has 0 saturated carbocycles. The molecule has 0 amide bonds. The summed E-state index contributed by atoms with van der Waals surface area (Å²) in [7, 11) is 1.87. The summed E-state index contributed by atoms with van der Waals surface area (Å²) in [6.07, 6.45) is 7.22. The maximum atomic E-state index is 5.62. The van der Waals surface area contributed by atoms with Gasteiger partial charge in [0.1, 0.15) is 5.65 Å². The van der Waals surface area contributed by atoms with Gasteiger partial charge in [0, 0.05) is 56.5 Å². The van der Waals surface area contributed by atoms with E-state index in [1.807, 2.05) is 19.3 Å². The molecule has 1 spiro atoms. The van der Waals surface area contributed by atoms with Gasteiger partial charge in [0.15, 0.2) is 5.96 Å². The van der Waals surface area contributed by atoms with Crippen molar-refractivity contribution in [3.63, 3.8) is 0 Å². The van der Waals surface area contributed by atoms with Crippen molar-refractivity contribution in [2.24, 2.45) is 10.4 Å². The maximum Gasteiger partial charge on any atom is 0.193 e. The maximum absolute atomic E-state index is 5.62. The highest BCUT2D eigenvalue weighted by Crippen LogP contribution is 2.38. The molecule has 24 heavy (non-hydrogen) atoms. The zero-order valence-corrected chi connectivity index (χ0v) is 14.2. The number of rotatable bonds is 3. The molecule has 2 saturated heterocycles. The summed E-state index contributed by atoms with van der Waals surface area (Å²) in [6.45, 7) is 4.82. The van der Waals surface area contributed by atoms with Crippen LogP contribution in [0.3, 0.4) is 0 Å². The zero-order chi connectivity index (χ0) is 16.4. The third-order valence-electron chi connectivity index (χ3n) is 5.35. The molecule has 2 aromatic heterocycles. The summed E-state index contributed by atoms with van der Waals surface area (Å²) in [6, 6.07) is 4.10. The van der Waals surface area contributed by atoms with Crippen molar-refractivity contribution in [3.05, 3.63) is 30.1 Å². The Kier molecular flexibility index (Phi) is 4.14. The van der Waals surface area contributed by atoms with Crippen molar-refractivity contribution in [1.29, 1.82) is 0 Å². The Bertz CT molecular complexity index is 732. The SMILES string of the molecule is CN=C(NCCc1c[nH]c2ncccc12)N1CCC2(CCOC2)C1. The van der Waals surface area contributed by atoms with E-state index in [4.69, 9.17) is 4.74 Å². The lowest BCUT2D eigenvalue weighted by molar-refractivity contribution is 0.156. The largest absolute Gasteiger partial charge is 0.381 e. The predicted molar refractivity (Wildman–Crippen MR) is 95.2 cm³/mol. The van der Waals surface area contributed by atoms with Crippen LogP contribution in [0, 0.1) is 5.41 Å². The third kappa shape index (κ3) is 2.86. The molecule has 128 valence electrons. The molecule has 0 radical (unpaired) electrons. The van der Waals surface area contributed by atoms with Crippen LogP contribution in [0.25, 0.3) is 11.0 Å². The lowest BCUT2D eigenvalue weighted by atomic mass is 9.87. The number of nitrogens with one attached hydrogen (secondary N) is 2. The van der Waals surface area contributed by atoms with Crippen LogP contribution in [-0.2, 0) is 11.2 Å². The van der Waals surface area contributed by atoms with E-state index in [0.717, 1.165) is 50.9 Å². The van der Waals surface area contributed by atoms with Gasteiger partial charge in [-0.1, -0.05) is 0 Å². The molecule has 2 fully saturated rings. The highest BCUT2D eigenvalue weighted by atomic mass is 16.5. The Labute approximate surface area is 142 Å². The fraction of sp³-hybridized carbons (Fsp3) is 0.556. The molecular formula is C18H25N5O. The smallest absolute Gasteiger partial charge is 0.193 e. The lowest BCUT2D eigenvalue weighted by Gasteiger charge is -2.24. The van der Waals surface area contributed by atoms with Gasteiger partial charge < -0.3 is 19.9 Å². The lowest BCUT2D eigenvalue weighted by Crippen LogP contribution is -2.42. The molecule has 2 N–H and O–H groups in total. The van der Waals surface area contributed by atoms with Crippen LogP contribution < -0.4 is 5.32 Å². The number of likely N-dealkylation sites (tertiary alicyclic amines) is 1. The number of H-pyrrole nitrogens is 1. The fourth-order valence-corrected chi connectivity index (χ4v) is 3.95. The molecule has 2 aromatic rings. The molecule has 2 aliphatic heterocycles. The van der Waals surface area contributed by atoms with Crippen molar-refractivity contribution in [3.8, 4) is 0 Å². The number of pyridine rings is 1. The van der Waals surface area contributed by atoms with E-state index in [1.54, 1.807) is 0 Å². The first kappa shape index (κ1) is 15.4. The highest BCUT2D eigenvalue weighted by molar-refractivity contribution is 5.81. The van der Waals surface area contributed by atoms with E-state index in [2.05, 4.69) is 37.4 Å². The molecule has 0 bridgehead atoms. The van der Waals surface area contributed by atoms with Gasteiger partial charge in [-0.15, -0.1) is 0 Å². The van der Waals surface area contributed by atoms with Crippen LogP contribution in [0.15, 0.2) is 29.5 Å². The highest BCUT2D eigenvalue weighted by Gasteiger charge is 2.42. The number of hydrogen-bond donors (Lipinski definition) is 2. The van der Waals surface area contributed by atoms with Crippen LogP contribution in [0.2, 0.25) is 0 Å². The summed E-state index contributed by atoms with van der Waals surface area (Å²) in [5, 5.41) is 4.73. The first-order valence-corrected chi connectivity index (χ1v) is 8.74. The van der Waals surface area contributed by atoms with E-state index in [-0.39, 0.29) is 0 Å². The number of ether oxygens (including phenoxy) is 1. The Morgan fingerprint density at radius 3 is 3.29 bits per heavy atom. The van der Waals surface area contributed by atoms with Crippen LogP contribution in [0.4, 0.5) is 0 Å². The fourth-order valence-electron chi connectivity index (χ4n) is 3.95. The molecule has 4 heterocycles. The molecule has 1 atom stereocenters. The topological polar surface area (TPSA) is 65.5 Å². The number of fused-ring (bicyclic) bond motifs is 1. The van der Waals surface area contributed by atoms with Crippen LogP contribution in [-0.4, -0.2) is 60.7 Å². The first-order chi connectivity index (χ1) is 11.8. The Morgan fingerprint density at radius 1 is 1.50 bits per heavy atom. The Hall–Kier alpha value is -2.08. The van der Waals surface area contributed by atoms with Gasteiger partial charge in [0.25, 0.3) is 0 Å². The van der Waals surface area contributed by atoms with Crippen LogP contribution in [0.1, 0.15) is 18.4 Å². The van der Waals surface area contributed by atoms with Crippen molar-refractivity contribution >= 4 is 17.0 Å². The van der Waals surface area contributed by atoms with Crippen molar-refractivity contribution in [2.45, 2.75) is 19.3 Å². The van der Waals surface area contributed by atoms with E-state index in [1.165, 1.54) is 23.8 Å². The third-order valence-corrected chi connectivity index (χ3v) is 5.35. The molecule has 1 unspecified atom stereocenters. The number of guanidine groups is 1. The van der Waals surface area contributed by atoms with Gasteiger partial charge in [-0.25, -0.2) is 4.98 Å². The summed E-state index contributed by atoms with van der Waals surface area (Å²) in [5.74, 6) is 1.01. The predicted octanol–water partition coefficient (Wildman–Crippen LogP) is 1.79. The number of aromatic nitrogens is 2. The summed E-state index contributed by atoms with van der Waals surface area (Å²) < 4.78 is 5.62. The van der Waals surface area contributed by atoms with Crippen molar-refractivity contribution in [1.82, 2.24) is 20.2 Å². The minimum Gasteiger partial charge on any atom is -0.381 e. The minimum absolute atomic E-state index is 0.361. The van der Waals surface area contributed by atoms with Gasteiger partial charge in [-0.05, 0) is 37.0 Å². The number of hydrogen-bond acceptors (Lipinski definition) is 3.